The molecule has 0 unspecified atom stereocenters. The molecule has 0 spiro atoms. The van der Waals surface area contributed by atoms with E-state index in [0.29, 0.717) is 0 Å². The first-order valence-electron chi connectivity index (χ1n) is 4.60. The number of thioether (sulfide) groups is 1. The van der Waals surface area contributed by atoms with Crippen molar-refractivity contribution < 1.29 is 9.72 Å². The van der Waals surface area contributed by atoms with Crippen molar-refractivity contribution in [2.75, 3.05) is 11.1 Å². The molecule has 0 heterocycles. The van der Waals surface area contributed by atoms with Gasteiger partial charge < -0.3 is 11.1 Å². The van der Waals surface area contributed by atoms with Gasteiger partial charge >= 0.3 is 0 Å². The number of nitrogens with one attached hydrogen (secondary N) is 2. The molecule has 96 valence electrons. The monoisotopic (exact) mass is 288 g/mol. The molecular weight excluding hydrogens is 280 g/mol. The first-order chi connectivity index (χ1) is 8.40. The SMILES string of the molecule is N=C(N)SCC(=O)Nc1ccc([N+](=O)[O-])cc1Cl. The normalized spacial score (nSPS) is 9.83. The average Bonchev–Trinajstić information content (AvgIpc) is 2.29. The number of nitrogens with two attached hydrogens (primary N) is 1. The van der Waals surface area contributed by atoms with Gasteiger partial charge in [-0.2, -0.15) is 0 Å². The molecule has 1 aromatic rings. The van der Waals surface area contributed by atoms with E-state index in [-0.39, 0.29) is 27.3 Å². The van der Waals surface area contributed by atoms with E-state index >= 15 is 0 Å². The van der Waals surface area contributed by atoms with Gasteiger partial charge in [0, 0.05) is 12.1 Å². The van der Waals surface area contributed by atoms with E-state index in [0.717, 1.165) is 17.8 Å². The van der Waals surface area contributed by atoms with Gasteiger partial charge in [0.2, 0.25) is 5.91 Å². The number of nitro groups is 1. The van der Waals surface area contributed by atoms with Gasteiger partial charge in [-0.15, -0.1) is 0 Å². The Kier molecular flexibility index (Phi) is 4.93. The highest BCUT2D eigenvalue weighted by Crippen LogP contribution is 2.26. The standard InChI is InChI=1S/C9H9ClN4O3S/c10-6-3-5(14(16)17)1-2-7(6)13-8(15)4-18-9(11)12/h1-3H,4H2,(H3,11,12)(H,13,15). The molecule has 1 rings (SSSR count). The van der Waals surface area contributed by atoms with Crippen molar-refractivity contribution >= 4 is 45.8 Å². The summed E-state index contributed by atoms with van der Waals surface area (Å²) in [7, 11) is 0. The highest BCUT2D eigenvalue weighted by molar-refractivity contribution is 8.14. The lowest BCUT2D eigenvalue weighted by atomic mass is 10.3. The van der Waals surface area contributed by atoms with Crippen LogP contribution in [0.5, 0.6) is 0 Å². The smallest absolute Gasteiger partial charge is 0.271 e. The summed E-state index contributed by atoms with van der Waals surface area (Å²) in [5.41, 5.74) is 5.20. The third-order valence-corrected chi connectivity index (χ3v) is 2.83. The number of nitrogens with zero attached hydrogens (tertiary/aromatic N) is 1. The van der Waals surface area contributed by atoms with Crippen molar-refractivity contribution in [2.45, 2.75) is 0 Å². The van der Waals surface area contributed by atoms with Crippen LogP contribution in [-0.2, 0) is 4.79 Å². The third kappa shape index (κ3) is 4.22. The van der Waals surface area contributed by atoms with Crippen LogP contribution in [0.3, 0.4) is 0 Å². The number of carbonyl (C=O) groups is 1. The second-order valence-electron chi connectivity index (χ2n) is 3.12. The minimum absolute atomic E-state index is 0.0251. The zero-order valence-corrected chi connectivity index (χ0v) is 10.5. The molecule has 0 aliphatic carbocycles. The second-order valence-corrected chi connectivity index (χ2v) is 4.55. The Bertz CT molecular complexity index is 509. The van der Waals surface area contributed by atoms with Crippen molar-refractivity contribution in [3.8, 4) is 0 Å². The highest BCUT2D eigenvalue weighted by Gasteiger charge is 2.11. The number of amides is 1. The highest BCUT2D eigenvalue weighted by atomic mass is 35.5. The third-order valence-electron chi connectivity index (χ3n) is 1.80. The number of hydrogen-bond acceptors (Lipinski definition) is 5. The van der Waals surface area contributed by atoms with E-state index in [2.05, 4.69) is 5.32 Å². The number of hydrogen-bond donors (Lipinski definition) is 3. The van der Waals surface area contributed by atoms with E-state index < -0.39 is 10.8 Å². The predicted octanol–water partition coefficient (Wildman–Crippen LogP) is 1.81. The molecule has 0 bridgehead atoms. The lowest BCUT2D eigenvalue weighted by Crippen LogP contribution is -2.17. The van der Waals surface area contributed by atoms with Crippen LogP contribution < -0.4 is 11.1 Å². The maximum absolute atomic E-state index is 11.4. The Labute approximate surface area is 111 Å². The summed E-state index contributed by atoms with van der Waals surface area (Å²) < 4.78 is 0. The summed E-state index contributed by atoms with van der Waals surface area (Å²) in [6.45, 7) is 0. The summed E-state index contributed by atoms with van der Waals surface area (Å²) >= 11 is 6.66. The average molecular weight is 289 g/mol. The van der Waals surface area contributed by atoms with Gasteiger partial charge in [0.15, 0.2) is 5.17 Å². The lowest BCUT2D eigenvalue weighted by Gasteiger charge is -2.06. The Morgan fingerprint density at radius 3 is 2.78 bits per heavy atom. The van der Waals surface area contributed by atoms with E-state index in [1.54, 1.807) is 0 Å². The fraction of sp³-hybridized carbons (Fsp3) is 0.111. The molecule has 0 saturated carbocycles. The van der Waals surface area contributed by atoms with Crippen molar-refractivity contribution in [3.05, 3.63) is 33.3 Å². The Morgan fingerprint density at radius 2 is 2.28 bits per heavy atom. The molecule has 0 aliphatic rings. The van der Waals surface area contributed by atoms with Crippen LogP contribution in [0.15, 0.2) is 18.2 Å². The number of rotatable bonds is 4. The fourth-order valence-corrected chi connectivity index (χ4v) is 1.63. The first-order valence-corrected chi connectivity index (χ1v) is 5.97. The number of benzene rings is 1. The van der Waals surface area contributed by atoms with Crippen LogP contribution in [0.4, 0.5) is 11.4 Å². The van der Waals surface area contributed by atoms with Crippen LogP contribution in [-0.4, -0.2) is 21.8 Å². The van der Waals surface area contributed by atoms with Gasteiger partial charge in [0.1, 0.15) is 0 Å². The summed E-state index contributed by atoms with van der Waals surface area (Å²) in [4.78, 5) is 21.3. The summed E-state index contributed by atoms with van der Waals surface area (Å²) in [5.74, 6) is -0.422. The molecule has 0 aliphatic heterocycles. The number of halogens is 1. The van der Waals surface area contributed by atoms with Crippen molar-refractivity contribution in [1.82, 2.24) is 0 Å². The second kappa shape index (κ2) is 6.22. The number of amidine groups is 1. The number of anilines is 1. The number of carbonyl (C=O) groups excluding carboxylic acids is 1. The molecule has 18 heavy (non-hydrogen) atoms. The lowest BCUT2D eigenvalue weighted by molar-refractivity contribution is -0.384. The van der Waals surface area contributed by atoms with Gasteiger partial charge in [-0.1, -0.05) is 23.4 Å². The molecule has 1 amide bonds. The van der Waals surface area contributed by atoms with Gasteiger partial charge in [-0.3, -0.25) is 20.3 Å². The summed E-state index contributed by atoms with van der Waals surface area (Å²) in [6.07, 6.45) is 0. The van der Waals surface area contributed by atoms with Crippen LogP contribution >= 0.6 is 23.4 Å². The maximum Gasteiger partial charge on any atom is 0.271 e. The zero-order chi connectivity index (χ0) is 13.7. The number of non-ortho nitro benzene ring substituents is 1. The minimum Gasteiger partial charge on any atom is -0.379 e. The van der Waals surface area contributed by atoms with Crippen LogP contribution in [0.25, 0.3) is 0 Å². The molecule has 9 heteroatoms. The molecular formula is C9H9ClN4O3S. The molecule has 1 aromatic carbocycles. The van der Waals surface area contributed by atoms with Crippen molar-refractivity contribution in [1.29, 1.82) is 5.41 Å². The fourth-order valence-electron chi connectivity index (χ4n) is 1.05. The predicted molar refractivity (Wildman–Crippen MR) is 71.1 cm³/mol. The largest absolute Gasteiger partial charge is 0.379 e. The maximum atomic E-state index is 11.4. The van der Waals surface area contributed by atoms with Gasteiger partial charge in [-0.05, 0) is 6.07 Å². The Hall–Kier alpha value is -1.80. The van der Waals surface area contributed by atoms with Crippen molar-refractivity contribution in [2.24, 2.45) is 5.73 Å². The Morgan fingerprint density at radius 1 is 1.61 bits per heavy atom. The van der Waals surface area contributed by atoms with Crippen LogP contribution in [0, 0.1) is 15.5 Å². The van der Waals surface area contributed by atoms with Gasteiger partial charge in [0.05, 0.1) is 21.4 Å². The Balaban J connectivity index is 2.70. The van der Waals surface area contributed by atoms with E-state index in [9.17, 15) is 14.9 Å². The molecule has 0 aromatic heterocycles. The molecule has 7 nitrogen and oxygen atoms in total. The first kappa shape index (κ1) is 14.3. The van der Waals surface area contributed by atoms with E-state index in [4.69, 9.17) is 22.7 Å². The summed E-state index contributed by atoms with van der Waals surface area (Å²) in [6, 6.07) is 3.73. The molecule has 4 N–H and O–H groups in total. The zero-order valence-electron chi connectivity index (χ0n) is 8.97. The van der Waals surface area contributed by atoms with Crippen LogP contribution in [0.2, 0.25) is 5.02 Å². The molecule has 0 atom stereocenters. The molecule has 0 radical (unpaired) electrons. The minimum atomic E-state index is -0.580. The van der Waals surface area contributed by atoms with Crippen molar-refractivity contribution in [3.63, 3.8) is 0 Å². The van der Waals surface area contributed by atoms with Gasteiger partial charge in [-0.25, -0.2) is 0 Å². The van der Waals surface area contributed by atoms with Crippen LogP contribution in [0.1, 0.15) is 0 Å². The molecule has 0 fully saturated rings. The summed E-state index contributed by atoms with van der Waals surface area (Å²) in [5, 5.41) is 19.8. The molecule has 0 saturated heterocycles. The van der Waals surface area contributed by atoms with Gasteiger partial charge in [0.25, 0.3) is 5.69 Å². The quantitative estimate of drug-likeness (QED) is 0.337. The van der Waals surface area contributed by atoms with E-state index in [1.807, 2.05) is 0 Å². The topological polar surface area (TPSA) is 122 Å². The van der Waals surface area contributed by atoms with E-state index in [1.165, 1.54) is 12.1 Å². The number of nitro benzene ring substituents is 1.